The maximum Gasteiger partial charge on any atom is 1.00 e. The third-order valence-corrected chi connectivity index (χ3v) is 0. The summed E-state index contributed by atoms with van der Waals surface area (Å²) in [5, 5.41) is 8.06. The Hall–Kier alpha value is 1.21. The molecule has 0 saturated heterocycles. The van der Waals surface area contributed by atoms with Crippen LogP contribution in [0.15, 0.2) is 0 Å². The first kappa shape index (κ1) is 15.7. The standard InChI is InChI=1S/C3H8O.ClO.Na/c1-3(2)4;1-2;/h3-4H,1-2H3;;/q;-1;+1. The minimum atomic E-state index is -0.167. The fourth-order valence-electron chi connectivity index (χ4n) is 0. The molecule has 0 aliphatic carbocycles. The van der Waals surface area contributed by atoms with Crippen LogP contribution in [-0.2, 0) is 0 Å². The Morgan fingerprint density at radius 3 is 1.43 bits per heavy atom. The predicted molar refractivity (Wildman–Crippen MR) is 23.2 cm³/mol. The van der Waals surface area contributed by atoms with Crippen LogP contribution >= 0.6 is 11.9 Å². The van der Waals surface area contributed by atoms with Crippen LogP contribution in [0.1, 0.15) is 13.8 Å². The quantitative estimate of drug-likeness (QED) is 0.357. The van der Waals surface area contributed by atoms with Gasteiger partial charge in [0.15, 0.2) is 0 Å². The largest absolute Gasteiger partial charge is 1.00 e. The van der Waals surface area contributed by atoms with E-state index in [1.807, 2.05) is 0 Å². The van der Waals surface area contributed by atoms with Gasteiger partial charge in [0.25, 0.3) is 0 Å². The molecule has 0 heterocycles. The monoisotopic (exact) mass is 134 g/mol. The second kappa shape index (κ2) is 15.7. The zero-order valence-corrected chi connectivity index (χ0v) is 7.57. The number of aliphatic hydroxyl groups is 1. The van der Waals surface area contributed by atoms with E-state index in [1.54, 1.807) is 13.8 Å². The molecule has 0 amide bonds. The minimum absolute atomic E-state index is 0. The van der Waals surface area contributed by atoms with E-state index in [0.29, 0.717) is 0 Å². The Morgan fingerprint density at radius 1 is 1.43 bits per heavy atom. The van der Waals surface area contributed by atoms with Crippen molar-refractivity contribution in [1.82, 2.24) is 0 Å². The van der Waals surface area contributed by atoms with Crippen molar-refractivity contribution in [2.45, 2.75) is 20.0 Å². The van der Waals surface area contributed by atoms with Gasteiger partial charge >= 0.3 is 29.6 Å². The number of rotatable bonds is 0. The zero-order chi connectivity index (χ0) is 5.58. The van der Waals surface area contributed by atoms with E-state index in [9.17, 15) is 0 Å². The molecule has 2 nitrogen and oxygen atoms in total. The summed E-state index contributed by atoms with van der Waals surface area (Å²) in [6.45, 7) is 3.44. The van der Waals surface area contributed by atoms with Crippen LogP contribution in [0, 0.1) is 0 Å². The van der Waals surface area contributed by atoms with Crippen LogP contribution in [0.2, 0.25) is 0 Å². The van der Waals surface area contributed by atoms with Gasteiger partial charge in [-0.2, -0.15) is 0 Å². The van der Waals surface area contributed by atoms with E-state index in [-0.39, 0.29) is 35.7 Å². The number of halogens is 1. The molecule has 0 aliphatic rings. The zero-order valence-electron chi connectivity index (χ0n) is 4.81. The van der Waals surface area contributed by atoms with E-state index in [2.05, 4.69) is 11.9 Å². The van der Waals surface area contributed by atoms with Gasteiger partial charge in [-0.25, -0.2) is 11.9 Å². The third-order valence-electron chi connectivity index (χ3n) is 0. The second-order valence-electron chi connectivity index (χ2n) is 1.09. The summed E-state index contributed by atoms with van der Waals surface area (Å²) in [4.78, 5) is 0. The van der Waals surface area contributed by atoms with Gasteiger partial charge < -0.3 is 9.77 Å². The van der Waals surface area contributed by atoms with Crippen molar-refractivity contribution in [3.05, 3.63) is 0 Å². The number of hydrogen-bond acceptors (Lipinski definition) is 2. The Kier molecular flexibility index (Phi) is 35.2. The van der Waals surface area contributed by atoms with Crippen LogP contribution in [0.5, 0.6) is 0 Å². The van der Waals surface area contributed by atoms with Gasteiger partial charge in [0, 0.05) is 6.10 Å². The summed E-state index contributed by atoms with van der Waals surface area (Å²) in [5.41, 5.74) is 0. The fourth-order valence-corrected chi connectivity index (χ4v) is 0. The molecule has 0 spiro atoms. The van der Waals surface area contributed by atoms with E-state index in [4.69, 9.17) is 9.77 Å². The van der Waals surface area contributed by atoms with E-state index in [1.165, 1.54) is 0 Å². The minimum Gasteiger partial charge on any atom is -0.769 e. The van der Waals surface area contributed by atoms with E-state index in [0.717, 1.165) is 0 Å². The predicted octanol–water partition coefficient (Wildman–Crippen LogP) is -3.11. The summed E-state index contributed by atoms with van der Waals surface area (Å²) < 4.78 is 7.72. The molecule has 0 fully saturated rings. The first-order valence-corrected chi connectivity index (χ1v) is 1.88. The molecule has 1 N–H and O–H groups in total. The Bertz CT molecular complexity index is 17.7. The molecular weight excluding hydrogens is 126 g/mol. The molecular formula is C3H8ClNaO2. The van der Waals surface area contributed by atoms with Gasteiger partial charge in [-0.1, -0.05) is 0 Å². The maximum absolute atomic E-state index is 8.06. The van der Waals surface area contributed by atoms with Gasteiger partial charge in [-0.05, 0) is 13.8 Å². The smallest absolute Gasteiger partial charge is 0.769 e. The normalized spacial score (nSPS) is 6.00. The van der Waals surface area contributed by atoms with Crippen LogP contribution in [0.25, 0.3) is 0 Å². The average Bonchev–Trinajstić information content (AvgIpc) is 1.41. The maximum atomic E-state index is 8.06. The van der Waals surface area contributed by atoms with Crippen LogP contribution in [0.3, 0.4) is 0 Å². The number of aliphatic hydroxyl groups excluding tert-OH is 1. The van der Waals surface area contributed by atoms with Crippen molar-refractivity contribution >= 4 is 11.9 Å². The molecule has 0 aromatic rings. The van der Waals surface area contributed by atoms with E-state index < -0.39 is 0 Å². The summed E-state index contributed by atoms with van der Waals surface area (Å²) >= 11 is 3.39. The van der Waals surface area contributed by atoms with Gasteiger partial charge in [-0.15, -0.1) is 0 Å². The van der Waals surface area contributed by atoms with Crippen molar-refractivity contribution in [1.29, 1.82) is 0 Å². The summed E-state index contributed by atoms with van der Waals surface area (Å²) in [5.74, 6) is 0. The summed E-state index contributed by atoms with van der Waals surface area (Å²) in [6, 6.07) is 0. The Labute approximate surface area is 71.0 Å². The van der Waals surface area contributed by atoms with Crippen LogP contribution in [0.4, 0.5) is 0 Å². The molecule has 0 saturated carbocycles. The first-order valence-electron chi connectivity index (χ1n) is 1.57. The molecule has 0 radical (unpaired) electrons. The fraction of sp³-hybridized carbons (Fsp3) is 1.00. The Balaban J connectivity index is -0.0000000480. The SMILES string of the molecule is CC(C)O.[Na+].[O-]Cl. The average molecular weight is 135 g/mol. The first-order chi connectivity index (χ1) is 2.73. The van der Waals surface area contributed by atoms with Gasteiger partial charge in [0.1, 0.15) is 0 Å². The van der Waals surface area contributed by atoms with Crippen molar-refractivity contribution in [2.24, 2.45) is 0 Å². The Morgan fingerprint density at radius 2 is 1.43 bits per heavy atom. The summed E-state index contributed by atoms with van der Waals surface area (Å²) in [6.07, 6.45) is -0.167. The second-order valence-corrected chi connectivity index (χ2v) is 1.09. The van der Waals surface area contributed by atoms with Crippen LogP contribution in [-0.4, -0.2) is 11.2 Å². The van der Waals surface area contributed by atoms with Gasteiger partial charge in [-0.3, -0.25) is 0 Å². The van der Waals surface area contributed by atoms with Crippen molar-refractivity contribution < 1.29 is 39.3 Å². The summed E-state index contributed by atoms with van der Waals surface area (Å²) in [7, 11) is 0. The molecule has 0 aromatic carbocycles. The molecule has 0 atom stereocenters. The van der Waals surface area contributed by atoms with E-state index >= 15 is 0 Å². The molecule has 0 aromatic heterocycles. The molecule has 0 rings (SSSR count). The van der Waals surface area contributed by atoms with Crippen molar-refractivity contribution in [3.8, 4) is 0 Å². The molecule has 40 valence electrons. The van der Waals surface area contributed by atoms with Crippen molar-refractivity contribution in [3.63, 3.8) is 0 Å². The van der Waals surface area contributed by atoms with Crippen molar-refractivity contribution in [2.75, 3.05) is 0 Å². The molecule has 0 aliphatic heterocycles. The van der Waals surface area contributed by atoms with Gasteiger partial charge in [0.2, 0.25) is 0 Å². The molecule has 0 bridgehead atoms. The molecule has 7 heavy (non-hydrogen) atoms. The van der Waals surface area contributed by atoms with Gasteiger partial charge in [0.05, 0.1) is 0 Å². The topological polar surface area (TPSA) is 43.3 Å². The third kappa shape index (κ3) is 134. The molecule has 4 heteroatoms. The molecule has 0 unspecified atom stereocenters. The van der Waals surface area contributed by atoms with Crippen LogP contribution < -0.4 is 34.2 Å². The number of hydrogen-bond donors (Lipinski definition) is 1.